The van der Waals surface area contributed by atoms with Crippen LogP contribution in [0.5, 0.6) is 0 Å². The van der Waals surface area contributed by atoms with E-state index in [9.17, 15) is 9.90 Å². The highest BCUT2D eigenvalue weighted by molar-refractivity contribution is 5.82. The standard InChI is InChI=1S/C13H27N3O4/c1-7-19-11(17)16(9-8-10(2)15-14-6)12(18)20-13(3,4)5/h11,14,17H,7-9H2,1-6H3/b15-10+. The lowest BCUT2D eigenvalue weighted by Crippen LogP contribution is -2.45. The van der Waals surface area contributed by atoms with Crippen molar-refractivity contribution in [2.24, 2.45) is 5.10 Å². The molecule has 0 rings (SSSR count). The summed E-state index contributed by atoms with van der Waals surface area (Å²) in [5, 5.41) is 13.9. The number of hydrazone groups is 1. The minimum Gasteiger partial charge on any atom is -0.444 e. The smallest absolute Gasteiger partial charge is 0.414 e. The van der Waals surface area contributed by atoms with Crippen LogP contribution in [-0.4, -0.2) is 54.0 Å². The highest BCUT2D eigenvalue weighted by Gasteiger charge is 2.27. The summed E-state index contributed by atoms with van der Waals surface area (Å²) < 4.78 is 10.3. The van der Waals surface area contributed by atoms with Crippen LogP contribution in [0.1, 0.15) is 41.0 Å². The van der Waals surface area contributed by atoms with Gasteiger partial charge >= 0.3 is 6.09 Å². The van der Waals surface area contributed by atoms with Gasteiger partial charge in [-0.3, -0.25) is 4.90 Å². The minimum absolute atomic E-state index is 0.257. The van der Waals surface area contributed by atoms with Crippen molar-refractivity contribution >= 4 is 11.8 Å². The lowest BCUT2D eigenvalue weighted by Gasteiger charge is -2.30. The van der Waals surface area contributed by atoms with Crippen molar-refractivity contribution < 1.29 is 19.4 Å². The summed E-state index contributed by atoms with van der Waals surface area (Å²) in [4.78, 5) is 13.2. The van der Waals surface area contributed by atoms with E-state index < -0.39 is 18.1 Å². The van der Waals surface area contributed by atoms with Gasteiger partial charge in [0.2, 0.25) is 6.41 Å². The normalized spacial score (nSPS) is 13.8. The van der Waals surface area contributed by atoms with E-state index in [1.54, 1.807) is 34.7 Å². The van der Waals surface area contributed by atoms with Gasteiger partial charge in [0.1, 0.15) is 5.60 Å². The van der Waals surface area contributed by atoms with E-state index in [1.165, 1.54) is 0 Å². The monoisotopic (exact) mass is 289 g/mol. The first kappa shape index (κ1) is 18.7. The van der Waals surface area contributed by atoms with Gasteiger partial charge < -0.3 is 20.0 Å². The molecular formula is C13H27N3O4. The van der Waals surface area contributed by atoms with Crippen LogP contribution in [0.3, 0.4) is 0 Å². The van der Waals surface area contributed by atoms with Crippen LogP contribution in [0.25, 0.3) is 0 Å². The Kier molecular flexibility index (Phi) is 8.17. The van der Waals surface area contributed by atoms with E-state index in [2.05, 4.69) is 10.5 Å². The molecule has 0 bridgehead atoms. The lowest BCUT2D eigenvalue weighted by molar-refractivity contribution is -0.181. The molecular weight excluding hydrogens is 262 g/mol. The van der Waals surface area contributed by atoms with E-state index in [1.807, 2.05) is 6.92 Å². The SMILES string of the molecule is CCOC(O)N(CC/C(C)=N/NC)C(=O)OC(C)(C)C. The molecule has 1 amide bonds. The first-order valence-corrected chi connectivity index (χ1v) is 6.70. The van der Waals surface area contributed by atoms with E-state index >= 15 is 0 Å². The molecule has 2 N–H and O–H groups in total. The summed E-state index contributed by atoms with van der Waals surface area (Å²) in [6.45, 7) is 9.43. The molecule has 0 saturated heterocycles. The van der Waals surface area contributed by atoms with Gasteiger partial charge in [0.25, 0.3) is 0 Å². The molecule has 118 valence electrons. The highest BCUT2D eigenvalue weighted by Crippen LogP contribution is 2.12. The van der Waals surface area contributed by atoms with Crippen LogP contribution in [0.4, 0.5) is 4.79 Å². The molecule has 0 aromatic heterocycles. The Morgan fingerprint density at radius 2 is 2.05 bits per heavy atom. The number of aliphatic hydroxyl groups is 1. The number of aliphatic hydroxyl groups excluding tert-OH is 1. The second kappa shape index (κ2) is 8.76. The summed E-state index contributed by atoms with van der Waals surface area (Å²) in [5.74, 6) is 0. The average Bonchev–Trinajstić information content (AvgIpc) is 2.27. The molecule has 0 saturated carbocycles. The van der Waals surface area contributed by atoms with Crippen molar-refractivity contribution in [2.75, 3.05) is 20.2 Å². The number of carbonyl (C=O) groups excluding carboxylic acids is 1. The molecule has 0 aromatic rings. The second-order valence-corrected chi connectivity index (χ2v) is 5.28. The molecule has 0 radical (unpaired) electrons. The van der Waals surface area contributed by atoms with Crippen molar-refractivity contribution in [3.63, 3.8) is 0 Å². The number of amides is 1. The Hall–Kier alpha value is -1.34. The fourth-order valence-corrected chi connectivity index (χ4v) is 1.38. The number of ether oxygens (including phenoxy) is 2. The van der Waals surface area contributed by atoms with Crippen LogP contribution >= 0.6 is 0 Å². The molecule has 0 heterocycles. The largest absolute Gasteiger partial charge is 0.444 e. The number of rotatable bonds is 7. The zero-order valence-corrected chi connectivity index (χ0v) is 13.3. The third kappa shape index (κ3) is 7.96. The Labute approximate surface area is 120 Å². The highest BCUT2D eigenvalue weighted by atomic mass is 16.6. The molecule has 0 aliphatic carbocycles. The van der Waals surface area contributed by atoms with Gasteiger partial charge in [-0.05, 0) is 34.6 Å². The van der Waals surface area contributed by atoms with Gasteiger partial charge in [0.05, 0.1) is 0 Å². The molecule has 0 aliphatic rings. The zero-order chi connectivity index (χ0) is 15.8. The van der Waals surface area contributed by atoms with E-state index in [0.29, 0.717) is 13.0 Å². The lowest BCUT2D eigenvalue weighted by atomic mass is 10.2. The Morgan fingerprint density at radius 1 is 1.45 bits per heavy atom. The second-order valence-electron chi connectivity index (χ2n) is 5.28. The van der Waals surface area contributed by atoms with Gasteiger partial charge in [0.15, 0.2) is 0 Å². The molecule has 7 nitrogen and oxygen atoms in total. The molecule has 0 aliphatic heterocycles. The van der Waals surface area contributed by atoms with E-state index in [4.69, 9.17) is 9.47 Å². The van der Waals surface area contributed by atoms with Crippen molar-refractivity contribution in [1.29, 1.82) is 0 Å². The minimum atomic E-state index is -1.32. The molecule has 1 unspecified atom stereocenters. The van der Waals surface area contributed by atoms with Gasteiger partial charge in [0, 0.05) is 32.3 Å². The van der Waals surface area contributed by atoms with Crippen molar-refractivity contribution in [3.05, 3.63) is 0 Å². The van der Waals surface area contributed by atoms with Crippen molar-refractivity contribution in [2.45, 2.75) is 53.1 Å². The fraction of sp³-hybridized carbons (Fsp3) is 0.846. The van der Waals surface area contributed by atoms with E-state index in [0.717, 1.165) is 10.6 Å². The maximum atomic E-state index is 12.1. The summed E-state index contributed by atoms with van der Waals surface area (Å²) in [6, 6.07) is 0. The molecule has 0 aromatic carbocycles. The van der Waals surface area contributed by atoms with Crippen LogP contribution in [0.15, 0.2) is 5.10 Å². The third-order valence-electron chi connectivity index (χ3n) is 2.23. The predicted molar refractivity (Wildman–Crippen MR) is 77.4 cm³/mol. The van der Waals surface area contributed by atoms with Gasteiger partial charge in [-0.2, -0.15) is 5.10 Å². The van der Waals surface area contributed by atoms with Crippen LogP contribution in [-0.2, 0) is 9.47 Å². The Bertz CT molecular complexity index is 326. The molecule has 20 heavy (non-hydrogen) atoms. The summed E-state index contributed by atoms with van der Waals surface area (Å²) in [5.41, 5.74) is 2.85. The van der Waals surface area contributed by atoms with Crippen LogP contribution in [0.2, 0.25) is 0 Å². The maximum Gasteiger partial charge on any atom is 0.414 e. The summed E-state index contributed by atoms with van der Waals surface area (Å²) in [6.07, 6.45) is -1.43. The van der Waals surface area contributed by atoms with Gasteiger partial charge in [-0.15, -0.1) is 0 Å². The summed E-state index contributed by atoms with van der Waals surface area (Å²) >= 11 is 0. The summed E-state index contributed by atoms with van der Waals surface area (Å²) in [7, 11) is 1.70. The first-order valence-electron chi connectivity index (χ1n) is 6.70. The number of carbonyl (C=O) groups is 1. The number of nitrogens with zero attached hydrogens (tertiary/aromatic N) is 2. The maximum absolute atomic E-state index is 12.1. The Balaban J connectivity index is 4.72. The molecule has 0 fully saturated rings. The average molecular weight is 289 g/mol. The predicted octanol–water partition coefficient (Wildman–Crippen LogP) is 1.52. The quantitative estimate of drug-likeness (QED) is 0.422. The third-order valence-corrected chi connectivity index (χ3v) is 2.23. The van der Waals surface area contributed by atoms with Crippen LogP contribution in [0, 0.1) is 0 Å². The first-order chi connectivity index (χ1) is 9.21. The number of nitrogens with one attached hydrogen (secondary N) is 1. The van der Waals surface area contributed by atoms with Gasteiger partial charge in [-0.1, -0.05) is 0 Å². The topological polar surface area (TPSA) is 83.4 Å². The fourth-order valence-electron chi connectivity index (χ4n) is 1.38. The van der Waals surface area contributed by atoms with Crippen molar-refractivity contribution in [1.82, 2.24) is 10.3 Å². The molecule has 0 spiro atoms. The Morgan fingerprint density at radius 3 is 2.50 bits per heavy atom. The zero-order valence-electron chi connectivity index (χ0n) is 13.3. The molecule has 7 heteroatoms. The molecule has 1 atom stereocenters. The van der Waals surface area contributed by atoms with Crippen molar-refractivity contribution in [3.8, 4) is 0 Å². The van der Waals surface area contributed by atoms with Gasteiger partial charge in [-0.25, -0.2) is 4.79 Å². The number of hydrogen-bond donors (Lipinski definition) is 2. The van der Waals surface area contributed by atoms with Crippen LogP contribution < -0.4 is 5.43 Å². The van der Waals surface area contributed by atoms with E-state index in [-0.39, 0.29) is 6.54 Å². The number of hydrogen-bond acceptors (Lipinski definition) is 6.